The van der Waals surface area contributed by atoms with Crippen molar-refractivity contribution < 1.29 is 8.42 Å². The number of anilines is 1. The molecule has 0 fully saturated rings. The fourth-order valence-electron chi connectivity index (χ4n) is 1.87. The summed E-state index contributed by atoms with van der Waals surface area (Å²) >= 11 is 0. The van der Waals surface area contributed by atoms with Crippen molar-refractivity contribution >= 4 is 15.5 Å². The van der Waals surface area contributed by atoms with Gasteiger partial charge in [0.1, 0.15) is 0 Å². The van der Waals surface area contributed by atoms with E-state index < -0.39 is 9.84 Å². The molecule has 0 amide bonds. The van der Waals surface area contributed by atoms with Crippen LogP contribution >= 0.6 is 0 Å². The van der Waals surface area contributed by atoms with Gasteiger partial charge in [-0.3, -0.25) is 0 Å². The molecule has 0 saturated carbocycles. The third kappa shape index (κ3) is 2.15. The molecule has 0 unspecified atom stereocenters. The molecule has 0 atom stereocenters. The van der Waals surface area contributed by atoms with Crippen LogP contribution in [0, 0.1) is 0 Å². The predicted molar refractivity (Wildman–Crippen MR) is 61.8 cm³/mol. The van der Waals surface area contributed by atoms with Gasteiger partial charge >= 0.3 is 0 Å². The third-order valence-corrected chi connectivity index (χ3v) is 4.38. The van der Waals surface area contributed by atoms with E-state index >= 15 is 0 Å². The maximum absolute atomic E-state index is 11.5. The summed E-state index contributed by atoms with van der Waals surface area (Å²) in [4.78, 5) is 0. The van der Waals surface area contributed by atoms with Gasteiger partial charge in [0.2, 0.25) is 0 Å². The molecule has 1 aliphatic rings. The zero-order chi connectivity index (χ0) is 10.9. The first-order chi connectivity index (χ1) is 7.12. The normalized spacial score (nSPS) is 14.7. The van der Waals surface area contributed by atoms with E-state index in [-0.39, 0.29) is 11.5 Å². The SMILES string of the molecule is CCS(=O)(=O)Cc1cccc2c1NCC2. The lowest BCUT2D eigenvalue weighted by atomic mass is 10.1. The number of hydrogen-bond donors (Lipinski definition) is 1. The molecule has 2 rings (SSSR count). The van der Waals surface area contributed by atoms with E-state index in [1.54, 1.807) is 6.92 Å². The van der Waals surface area contributed by atoms with E-state index in [1.165, 1.54) is 5.56 Å². The van der Waals surface area contributed by atoms with E-state index in [0.717, 1.165) is 24.2 Å². The quantitative estimate of drug-likeness (QED) is 0.849. The molecule has 0 spiro atoms. The molecule has 1 aromatic carbocycles. The Morgan fingerprint density at radius 1 is 1.40 bits per heavy atom. The largest absolute Gasteiger partial charge is 0.384 e. The van der Waals surface area contributed by atoms with Crippen molar-refractivity contribution in [1.82, 2.24) is 0 Å². The highest BCUT2D eigenvalue weighted by Crippen LogP contribution is 2.27. The minimum Gasteiger partial charge on any atom is -0.384 e. The van der Waals surface area contributed by atoms with Crippen molar-refractivity contribution in [3.63, 3.8) is 0 Å². The Kier molecular flexibility index (Phi) is 2.69. The highest BCUT2D eigenvalue weighted by Gasteiger charge is 2.17. The first-order valence-corrected chi connectivity index (χ1v) is 6.99. The van der Waals surface area contributed by atoms with Crippen LogP contribution in [0.2, 0.25) is 0 Å². The van der Waals surface area contributed by atoms with Crippen LogP contribution in [0.25, 0.3) is 0 Å². The van der Waals surface area contributed by atoms with E-state index in [4.69, 9.17) is 0 Å². The van der Waals surface area contributed by atoms with Crippen LogP contribution in [0.3, 0.4) is 0 Å². The van der Waals surface area contributed by atoms with Gasteiger partial charge < -0.3 is 5.32 Å². The van der Waals surface area contributed by atoms with Gasteiger partial charge in [0.15, 0.2) is 9.84 Å². The average molecular weight is 225 g/mol. The summed E-state index contributed by atoms with van der Waals surface area (Å²) in [7, 11) is -2.93. The number of para-hydroxylation sites is 1. The van der Waals surface area contributed by atoms with Gasteiger partial charge in [-0.15, -0.1) is 0 Å². The van der Waals surface area contributed by atoms with Crippen molar-refractivity contribution in [3.8, 4) is 0 Å². The molecule has 0 aromatic heterocycles. The van der Waals surface area contributed by atoms with Gasteiger partial charge in [0.25, 0.3) is 0 Å². The van der Waals surface area contributed by atoms with E-state index in [0.29, 0.717) is 0 Å². The molecule has 3 nitrogen and oxygen atoms in total. The molecule has 0 bridgehead atoms. The maximum atomic E-state index is 11.5. The molecule has 82 valence electrons. The summed E-state index contributed by atoms with van der Waals surface area (Å²) in [6.45, 7) is 2.60. The van der Waals surface area contributed by atoms with Crippen molar-refractivity contribution in [2.24, 2.45) is 0 Å². The predicted octanol–water partition coefficient (Wildman–Crippen LogP) is 1.59. The Hall–Kier alpha value is -1.03. The van der Waals surface area contributed by atoms with Crippen molar-refractivity contribution in [2.75, 3.05) is 17.6 Å². The summed E-state index contributed by atoms with van der Waals surface area (Å²) in [6, 6.07) is 5.88. The molecule has 0 saturated heterocycles. The second-order valence-electron chi connectivity index (χ2n) is 3.80. The maximum Gasteiger partial charge on any atom is 0.154 e. The van der Waals surface area contributed by atoms with Crippen LogP contribution in [-0.4, -0.2) is 20.7 Å². The van der Waals surface area contributed by atoms with Gasteiger partial charge in [0, 0.05) is 18.0 Å². The van der Waals surface area contributed by atoms with E-state index in [1.807, 2.05) is 12.1 Å². The van der Waals surface area contributed by atoms with Crippen molar-refractivity contribution in [3.05, 3.63) is 29.3 Å². The lowest BCUT2D eigenvalue weighted by Crippen LogP contribution is -2.08. The van der Waals surface area contributed by atoms with E-state index in [9.17, 15) is 8.42 Å². The highest BCUT2D eigenvalue weighted by atomic mass is 32.2. The Morgan fingerprint density at radius 3 is 2.93 bits per heavy atom. The van der Waals surface area contributed by atoms with Crippen LogP contribution in [0.4, 0.5) is 5.69 Å². The van der Waals surface area contributed by atoms with Crippen LogP contribution in [0.1, 0.15) is 18.1 Å². The Morgan fingerprint density at radius 2 is 2.20 bits per heavy atom. The van der Waals surface area contributed by atoms with Crippen LogP contribution in [0.15, 0.2) is 18.2 Å². The van der Waals surface area contributed by atoms with Gasteiger partial charge in [0.05, 0.1) is 5.75 Å². The van der Waals surface area contributed by atoms with Gasteiger partial charge in [-0.25, -0.2) is 8.42 Å². The molecule has 15 heavy (non-hydrogen) atoms. The molecule has 4 heteroatoms. The summed E-state index contributed by atoms with van der Waals surface area (Å²) in [5.74, 6) is 0.357. The molecular weight excluding hydrogens is 210 g/mol. The minimum absolute atomic E-state index is 0.152. The number of nitrogens with one attached hydrogen (secondary N) is 1. The Labute approximate surface area is 90.4 Å². The lowest BCUT2D eigenvalue weighted by Gasteiger charge is -2.08. The number of hydrogen-bond acceptors (Lipinski definition) is 3. The standard InChI is InChI=1S/C11H15NO2S/c1-2-15(13,14)8-10-5-3-4-9-6-7-12-11(9)10/h3-5,12H,2,6-8H2,1H3. The fraction of sp³-hybridized carbons (Fsp3) is 0.455. The molecule has 1 aromatic rings. The summed E-state index contributed by atoms with van der Waals surface area (Å²) in [6.07, 6.45) is 0.995. The van der Waals surface area contributed by atoms with Gasteiger partial charge in [-0.05, 0) is 17.5 Å². The molecule has 1 aliphatic heterocycles. The lowest BCUT2D eigenvalue weighted by molar-refractivity contribution is 0.596. The zero-order valence-electron chi connectivity index (χ0n) is 8.79. The molecular formula is C11H15NO2S. The smallest absolute Gasteiger partial charge is 0.154 e. The summed E-state index contributed by atoms with van der Waals surface area (Å²) in [5, 5.41) is 3.25. The number of sulfone groups is 1. The zero-order valence-corrected chi connectivity index (χ0v) is 9.60. The summed E-state index contributed by atoms with van der Waals surface area (Å²) in [5.41, 5.74) is 3.18. The number of benzene rings is 1. The minimum atomic E-state index is -2.93. The molecule has 1 N–H and O–H groups in total. The Balaban J connectivity index is 2.34. The molecule has 1 heterocycles. The van der Waals surface area contributed by atoms with Crippen molar-refractivity contribution in [1.29, 1.82) is 0 Å². The molecule has 0 aliphatic carbocycles. The molecule has 0 radical (unpaired) electrons. The van der Waals surface area contributed by atoms with Gasteiger partial charge in [-0.2, -0.15) is 0 Å². The van der Waals surface area contributed by atoms with Crippen molar-refractivity contribution in [2.45, 2.75) is 19.1 Å². The average Bonchev–Trinajstić information content (AvgIpc) is 2.66. The van der Waals surface area contributed by atoms with Gasteiger partial charge in [-0.1, -0.05) is 25.1 Å². The Bertz CT molecular complexity index is 465. The summed E-state index contributed by atoms with van der Waals surface area (Å²) < 4.78 is 23.1. The number of fused-ring (bicyclic) bond motifs is 1. The fourth-order valence-corrected chi connectivity index (χ4v) is 2.79. The highest BCUT2D eigenvalue weighted by molar-refractivity contribution is 7.90. The monoisotopic (exact) mass is 225 g/mol. The number of rotatable bonds is 3. The second-order valence-corrected chi connectivity index (χ2v) is 6.16. The van der Waals surface area contributed by atoms with Crippen LogP contribution in [0.5, 0.6) is 0 Å². The topological polar surface area (TPSA) is 46.2 Å². The first kappa shape index (κ1) is 10.5. The van der Waals surface area contributed by atoms with E-state index in [2.05, 4.69) is 11.4 Å². The third-order valence-electron chi connectivity index (χ3n) is 2.75. The first-order valence-electron chi connectivity index (χ1n) is 5.17. The van der Waals surface area contributed by atoms with Crippen LogP contribution < -0.4 is 5.32 Å². The van der Waals surface area contributed by atoms with Crippen LogP contribution in [-0.2, 0) is 22.0 Å². The second kappa shape index (κ2) is 3.85.